The number of methoxy groups -OCH3 is 2. The van der Waals surface area contributed by atoms with Crippen LogP contribution in [0, 0.1) is 0 Å². The SMILES string of the molecule is COc1ccc([C@@H]2C[C@@H](c3ccc(Br)cc3)Nc3nnnn32)cc1OC. The molecule has 0 radical (unpaired) electrons. The molecule has 2 aromatic carbocycles. The standard InChI is InChI=1S/C18H18BrN5O2/c1-25-16-8-5-12(9-17(16)26-2)15-10-14(11-3-6-13(19)7-4-11)20-18-21-22-23-24(15)18/h3-9,14-15H,10H2,1-2H3,(H,20,21,23)/t14-,15-/m0/s1. The Morgan fingerprint density at radius 3 is 2.50 bits per heavy atom. The van der Waals surface area contributed by atoms with E-state index in [1.807, 2.05) is 35.0 Å². The average molecular weight is 416 g/mol. The van der Waals surface area contributed by atoms with Crippen LogP contribution in [0.2, 0.25) is 0 Å². The van der Waals surface area contributed by atoms with Crippen LogP contribution in [-0.2, 0) is 0 Å². The molecule has 0 spiro atoms. The van der Waals surface area contributed by atoms with Gasteiger partial charge in [0.2, 0.25) is 5.95 Å². The summed E-state index contributed by atoms with van der Waals surface area (Å²) in [6.07, 6.45) is 0.815. The van der Waals surface area contributed by atoms with Gasteiger partial charge < -0.3 is 14.8 Å². The zero-order valence-corrected chi connectivity index (χ0v) is 16.0. The first-order valence-electron chi connectivity index (χ1n) is 8.21. The van der Waals surface area contributed by atoms with E-state index in [1.54, 1.807) is 14.2 Å². The molecule has 2 atom stereocenters. The molecule has 0 aliphatic carbocycles. The number of aromatic nitrogens is 4. The molecule has 1 N–H and O–H groups in total. The highest BCUT2D eigenvalue weighted by Gasteiger charge is 2.31. The first-order valence-corrected chi connectivity index (χ1v) is 9.00. The third-order valence-corrected chi connectivity index (χ3v) is 5.14. The Labute approximate surface area is 159 Å². The van der Waals surface area contributed by atoms with E-state index < -0.39 is 0 Å². The zero-order valence-electron chi connectivity index (χ0n) is 14.4. The highest BCUT2D eigenvalue weighted by Crippen LogP contribution is 2.39. The summed E-state index contributed by atoms with van der Waals surface area (Å²) in [4.78, 5) is 0. The predicted molar refractivity (Wildman–Crippen MR) is 101 cm³/mol. The molecular formula is C18H18BrN5O2. The Bertz CT molecular complexity index is 912. The van der Waals surface area contributed by atoms with E-state index in [0.29, 0.717) is 17.4 Å². The van der Waals surface area contributed by atoms with Crippen molar-refractivity contribution in [3.63, 3.8) is 0 Å². The number of hydrogen-bond donors (Lipinski definition) is 1. The van der Waals surface area contributed by atoms with Crippen molar-refractivity contribution in [3.8, 4) is 11.5 Å². The third-order valence-electron chi connectivity index (χ3n) is 4.62. The van der Waals surface area contributed by atoms with Crippen LogP contribution < -0.4 is 14.8 Å². The predicted octanol–water partition coefficient (Wildman–Crippen LogP) is 3.60. The Balaban J connectivity index is 1.72. The van der Waals surface area contributed by atoms with Crippen molar-refractivity contribution >= 4 is 21.9 Å². The molecule has 134 valence electrons. The van der Waals surface area contributed by atoms with Gasteiger partial charge in [-0.15, -0.1) is 0 Å². The number of nitrogens with one attached hydrogen (secondary N) is 1. The molecule has 2 heterocycles. The fourth-order valence-electron chi connectivity index (χ4n) is 3.29. The smallest absolute Gasteiger partial charge is 0.243 e. The lowest BCUT2D eigenvalue weighted by atomic mass is 9.93. The van der Waals surface area contributed by atoms with Gasteiger partial charge in [-0.05, 0) is 52.2 Å². The summed E-state index contributed by atoms with van der Waals surface area (Å²) in [7, 11) is 3.27. The molecule has 0 amide bonds. The van der Waals surface area contributed by atoms with Gasteiger partial charge in [0.05, 0.1) is 26.3 Å². The minimum atomic E-state index is -0.00490. The first-order chi connectivity index (χ1) is 12.7. The maximum absolute atomic E-state index is 5.46. The van der Waals surface area contributed by atoms with Gasteiger partial charge in [-0.1, -0.05) is 39.2 Å². The lowest BCUT2D eigenvalue weighted by Gasteiger charge is -2.31. The molecule has 3 aromatic rings. The Kier molecular flexibility index (Phi) is 4.50. The lowest BCUT2D eigenvalue weighted by molar-refractivity contribution is 0.352. The summed E-state index contributed by atoms with van der Waals surface area (Å²) in [5.74, 6) is 2.05. The summed E-state index contributed by atoms with van der Waals surface area (Å²) in [6.45, 7) is 0. The topological polar surface area (TPSA) is 74.1 Å². The number of halogens is 1. The number of benzene rings is 2. The molecule has 1 aromatic heterocycles. The van der Waals surface area contributed by atoms with E-state index in [4.69, 9.17) is 9.47 Å². The van der Waals surface area contributed by atoms with Crippen LogP contribution in [0.4, 0.5) is 5.95 Å². The highest BCUT2D eigenvalue weighted by atomic mass is 79.9. The van der Waals surface area contributed by atoms with Crippen LogP contribution in [0.25, 0.3) is 0 Å². The zero-order chi connectivity index (χ0) is 18.1. The fourth-order valence-corrected chi connectivity index (χ4v) is 3.55. The Morgan fingerprint density at radius 2 is 1.77 bits per heavy atom. The van der Waals surface area contributed by atoms with E-state index in [0.717, 1.165) is 16.5 Å². The summed E-state index contributed by atoms with van der Waals surface area (Å²) < 4.78 is 13.7. The van der Waals surface area contributed by atoms with E-state index in [1.165, 1.54) is 5.56 Å². The molecule has 26 heavy (non-hydrogen) atoms. The van der Waals surface area contributed by atoms with Gasteiger partial charge in [0, 0.05) is 4.47 Å². The largest absolute Gasteiger partial charge is 0.493 e. The second-order valence-corrected chi connectivity index (χ2v) is 6.98. The van der Waals surface area contributed by atoms with E-state index >= 15 is 0 Å². The quantitative estimate of drug-likeness (QED) is 0.701. The molecule has 1 aliphatic heterocycles. The summed E-state index contributed by atoms with van der Waals surface area (Å²) in [5, 5.41) is 15.6. The van der Waals surface area contributed by atoms with Crippen molar-refractivity contribution in [3.05, 3.63) is 58.1 Å². The lowest BCUT2D eigenvalue weighted by Crippen LogP contribution is -2.28. The number of anilines is 1. The first kappa shape index (κ1) is 16.8. The summed E-state index contributed by atoms with van der Waals surface area (Å²) >= 11 is 3.48. The second-order valence-electron chi connectivity index (χ2n) is 6.06. The van der Waals surface area contributed by atoms with Crippen LogP contribution in [0.3, 0.4) is 0 Å². The minimum Gasteiger partial charge on any atom is -0.493 e. The second kappa shape index (κ2) is 6.95. The van der Waals surface area contributed by atoms with Gasteiger partial charge in [0.15, 0.2) is 11.5 Å². The molecule has 1 aliphatic rings. The monoisotopic (exact) mass is 415 g/mol. The minimum absolute atomic E-state index is 0.00490. The average Bonchev–Trinajstić information content (AvgIpc) is 3.16. The maximum Gasteiger partial charge on any atom is 0.243 e. The van der Waals surface area contributed by atoms with Crippen LogP contribution in [0.15, 0.2) is 46.9 Å². The van der Waals surface area contributed by atoms with E-state index in [2.05, 4.69) is 48.9 Å². The van der Waals surface area contributed by atoms with Crippen LogP contribution in [-0.4, -0.2) is 34.4 Å². The van der Waals surface area contributed by atoms with Gasteiger partial charge in [0.1, 0.15) is 0 Å². The fraction of sp³-hybridized carbons (Fsp3) is 0.278. The van der Waals surface area contributed by atoms with Gasteiger partial charge in [-0.3, -0.25) is 0 Å². The van der Waals surface area contributed by atoms with E-state index in [9.17, 15) is 0 Å². The van der Waals surface area contributed by atoms with Crippen molar-refractivity contribution in [2.24, 2.45) is 0 Å². The number of tetrazole rings is 1. The molecule has 0 saturated carbocycles. The molecule has 0 fully saturated rings. The molecule has 0 bridgehead atoms. The van der Waals surface area contributed by atoms with Crippen LogP contribution in [0.1, 0.15) is 29.6 Å². The van der Waals surface area contributed by atoms with Gasteiger partial charge >= 0.3 is 0 Å². The molecule has 7 nitrogen and oxygen atoms in total. The van der Waals surface area contributed by atoms with Crippen molar-refractivity contribution < 1.29 is 9.47 Å². The van der Waals surface area contributed by atoms with Gasteiger partial charge in [0.25, 0.3) is 0 Å². The highest BCUT2D eigenvalue weighted by molar-refractivity contribution is 9.10. The number of nitrogens with zero attached hydrogens (tertiary/aromatic N) is 4. The van der Waals surface area contributed by atoms with Crippen molar-refractivity contribution in [1.82, 2.24) is 20.2 Å². The van der Waals surface area contributed by atoms with Gasteiger partial charge in [-0.2, -0.15) is 0 Å². The third kappa shape index (κ3) is 3.01. The molecule has 0 unspecified atom stereocenters. The van der Waals surface area contributed by atoms with Crippen molar-refractivity contribution in [2.75, 3.05) is 19.5 Å². The molecule has 4 rings (SSSR count). The normalized spacial score (nSPS) is 18.7. The Hall–Kier alpha value is -2.61. The molecular weight excluding hydrogens is 398 g/mol. The number of fused-ring (bicyclic) bond motifs is 1. The number of hydrogen-bond acceptors (Lipinski definition) is 6. The number of ether oxygens (including phenoxy) is 2. The van der Waals surface area contributed by atoms with E-state index in [-0.39, 0.29) is 12.1 Å². The van der Waals surface area contributed by atoms with Crippen LogP contribution >= 0.6 is 15.9 Å². The maximum atomic E-state index is 5.46. The Morgan fingerprint density at radius 1 is 1.04 bits per heavy atom. The van der Waals surface area contributed by atoms with Crippen molar-refractivity contribution in [2.45, 2.75) is 18.5 Å². The van der Waals surface area contributed by atoms with Crippen LogP contribution in [0.5, 0.6) is 11.5 Å². The summed E-state index contributed by atoms with van der Waals surface area (Å²) in [6, 6.07) is 14.3. The molecule has 8 heteroatoms. The van der Waals surface area contributed by atoms with Gasteiger partial charge in [-0.25, -0.2) is 4.68 Å². The van der Waals surface area contributed by atoms with Crippen molar-refractivity contribution in [1.29, 1.82) is 0 Å². The number of rotatable bonds is 4. The summed E-state index contributed by atoms with van der Waals surface area (Å²) in [5.41, 5.74) is 2.26. The molecule has 0 saturated heterocycles.